The molecule has 0 aliphatic carbocycles. The van der Waals surface area contributed by atoms with Crippen molar-refractivity contribution in [1.82, 2.24) is 0 Å². The minimum atomic E-state index is 1.00. The summed E-state index contributed by atoms with van der Waals surface area (Å²) in [5, 5.41) is 6.57. The molecule has 0 saturated carbocycles. The van der Waals surface area contributed by atoms with Crippen LogP contribution >= 0.6 is 0 Å². The fourth-order valence-electron chi connectivity index (χ4n) is 0.235. The van der Waals surface area contributed by atoms with Gasteiger partial charge in [0.05, 0.1) is 0 Å². The quantitative estimate of drug-likeness (QED) is 0.524. The average molecular weight is 110 g/mol. The lowest BCUT2D eigenvalue weighted by molar-refractivity contribution is 1.50. The highest BCUT2D eigenvalue weighted by Gasteiger charge is 1.67. The molecule has 0 atom stereocenters. The summed E-state index contributed by atoms with van der Waals surface area (Å²) in [6.07, 6.45) is 4.38. The molecule has 0 radical (unpaired) electrons. The van der Waals surface area contributed by atoms with Crippen LogP contribution in [-0.2, 0) is 0 Å². The zero-order valence-electron chi connectivity index (χ0n) is 5.18. The first-order chi connectivity index (χ1) is 3.77. The number of rotatable bonds is 2. The molecule has 0 saturated heterocycles. The molecular weight excluding hydrogens is 100 g/mol. The smallest absolute Gasteiger partial charge is 0.0282 e. The number of nitrogens with one attached hydrogen (secondary N) is 1. The summed E-state index contributed by atoms with van der Waals surface area (Å²) < 4.78 is 0. The zero-order valence-corrected chi connectivity index (χ0v) is 5.18. The Labute approximate surface area is 49.5 Å². The number of allylic oxidation sites excluding steroid dienone is 1. The Morgan fingerprint density at radius 2 is 2.12 bits per heavy atom. The summed E-state index contributed by atoms with van der Waals surface area (Å²) in [5.41, 5.74) is 1.00. The third-order valence-corrected chi connectivity index (χ3v) is 0.515. The molecule has 0 fully saturated rings. The number of hydrogen-bond donors (Lipinski definition) is 1. The van der Waals surface area contributed by atoms with Gasteiger partial charge < -0.3 is 5.41 Å². The SMILES string of the molecule is CC(C)=N/C=C\C=N. The molecule has 0 aliphatic rings. The van der Waals surface area contributed by atoms with Crippen LogP contribution in [0.2, 0.25) is 0 Å². The largest absolute Gasteiger partial charge is 0.309 e. The molecule has 2 nitrogen and oxygen atoms in total. The van der Waals surface area contributed by atoms with Crippen molar-refractivity contribution in [2.75, 3.05) is 0 Å². The summed E-state index contributed by atoms with van der Waals surface area (Å²) in [4.78, 5) is 3.90. The summed E-state index contributed by atoms with van der Waals surface area (Å²) >= 11 is 0. The molecule has 1 N–H and O–H groups in total. The lowest BCUT2D eigenvalue weighted by atomic mass is 10.5. The van der Waals surface area contributed by atoms with Crippen molar-refractivity contribution in [2.45, 2.75) is 13.8 Å². The van der Waals surface area contributed by atoms with Crippen LogP contribution in [0.15, 0.2) is 17.3 Å². The van der Waals surface area contributed by atoms with Gasteiger partial charge in [0.25, 0.3) is 0 Å². The van der Waals surface area contributed by atoms with Crippen LogP contribution < -0.4 is 0 Å². The topological polar surface area (TPSA) is 36.2 Å². The van der Waals surface area contributed by atoms with Crippen LogP contribution in [0.5, 0.6) is 0 Å². The van der Waals surface area contributed by atoms with E-state index in [0.29, 0.717) is 0 Å². The third-order valence-electron chi connectivity index (χ3n) is 0.515. The maximum Gasteiger partial charge on any atom is 0.0282 e. The fourth-order valence-corrected chi connectivity index (χ4v) is 0.235. The monoisotopic (exact) mass is 110 g/mol. The van der Waals surface area contributed by atoms with E-state index in [1.54, 1.807) is 12.3 Å². The Morgan fingerprint density at radius 3 is 2.50 bits per heavy atom. The Bertz CT molecular complexity index is 118. The van der Waals surface area contributed by atoms with Crippen LogP contribution in [-0.4, -0.2) is 11.9 Å². The van der Waals surface area contributed by atoms with Crippen LogP contribution in [0.25, 0.3) is 0 Å². The number of nitrogens with zero attached hydrogens (tertiary/aromatic N) is 1. The summed E-state index contributed by atoms with van der Waals surface area (Å²) in [6.45, 7) is 3.82. The molecule has 0 heterocycles. The van der Waals surface area contributed by atoms with Crippen LogP contribution in [0.3, 0.4) is 0 Å². The lowest BCUT2D eigenvalue weighted by Crippen LogP contribution is -1.74. The van der Waals surface area contributed by atoms with Gasteiger partial charge in [-0.05, 0) is 19.9 Å². The van der Waals surface area contributed by atoms with E-state index in [0.717, 1.165) is 5.71 Å². The van der Waals surface area contributed by atoms with Gasteiger partial charge in [0.15, 0.2) is 0 Å². The van der Waals surface area contributed by atoms with Crippen molar-refractivity contribution >= 4 is 11.9 Å². The van der Waals surface area contributed by atoms with E-state index >= 15 is 0 Å². The highest BCUT2D eigenvalue weighted by molar-refractivity contribution is 5.80. The maximum atomic E-state index is 6.57. The molecule has 0 bridgehead atoms. The van der Waals surface area contributed by atoms with E-state index in [1.165, 1.54) is 6.21 Å². The van der Waals surface area contributed by atoms with E-state index in [2.05, 4.69) is 4.99 Å². The van der Waals surface area contributed by atoms with E-state index < -0.39 is 0 Å². The highest BCUT2D eigenvalue weighted by atomic mass is 14.7. The Morgan fingerprint density at radius 1 is 1.50 bits per heavy atom. The Hall–Kier alpha value is -0.920. The third kappa shape index (κ3) is 5.08. The first-order valence-electron chi connectivity index (χ1n) is 2.44. The van der Waals surface area contributed by atoms with Gasteiger partial charge in [-0.2, -0.15) is 0 Å². The van der Waals surface area contributed by atoms with Gasteiger partial charge in [0.2, 0.25) is 0 Å². The molecule has 0 unspecified atom stereocenters. The molecule has 2 heteroatoms. The average Bonchev–Trinajstić information content (AvgIpc) is 1.66. The van der Waals surface area contributed by atoms with Gasteiger partial charge in [-0.25, -0.2) is 0 Å². The molecule has 0 spiro atoms. The normalized spacial score (nSPS) is 9.25. The minimum absolute atomic E-state index is 1.00. The zero-order chi connectivity index (χ0) is 6.41. The molecule has 0 aromatic heterocycles. The Kier molecular flexibility index (Phi) is 3.76. The van der Waals surface area contributed by atoms with E-state index in [1.807, 2.05) is 13.8 Å². The van der Waals surface area contributed by atoms with E-state index in [4.69, 9.17) is 5.41 Å². The first-order valence-corrected chi connectivity index (χ1v) is 2.44. The summed E-state index contributed by atoms with van der Waals surface area (Å²) in [6, 6.07) is 0. The van der Waals surface area contributed by atoms with E-state index in [9.17, 15) is 0 Å². The van der Waals surface area contributed by atoms with Crippen LogP contribution in [0.1, 0.15) is 13.8 Å². The fraction of sp³-hybridized carbons (Fsp3) is 0.333. The second kappa shape index (κ2) is 4.24. The highest BCUT2D eigenvalue weighted by Crippen LogP contribution is 1.75. The molecule has 0 rings (SSSR count). The van der Waals surface area contributed by atoms with Gasteiger partial charge in [-0.15, -0.1) is 0 Å². The van der Waals surface area contributed by atoms with Crippen molar-refractivity contribution in [3.05, 3.63) is 12.3 Å². The minimum Gasteiger partial charge on any atom is -0.309 e. The molecule has 0 aromatic rings. The number of aliphatic imine (C=N–C) groups is 1. The van der Waals surface area contributed by atoms with Crippen molar-refractivity contribution in [3.8, 4) is 0 Å². The van der Waals surface area contributed by atoms with Crippen molar-refractivity contribution < 1.29 is 0 Å². The first kappa shape index (κ1) is 7.08. The maximum absolute atomic E-state index is 6.57. The second-order valence-electron chi connectivity index (χ2n) is 1.58. The van der Waals surface area contributed by atoms with Gasteiger partial charge in [-0.3, -0.25) is 4.99 Å². The van der Waals surface area contributed by atoms with Gasteiger partial charge in [0.1, 0.15) is 0 Å². The van der Waals surface area contributed by atoms with Gasteiger partial charge in [-0.1, -0.05) is 0 Å². The van der Waals surface area contributed by atoms with Crippen LogP contribution in [0.4, 0.5) is 0 Å². The Balaban J connectivity index is 3.57. The van der Waals surface area contributed by atoms with Crippen molar-refractivity contribution in [3.63, 3.8) is 0 Å². The standard InChI is InChI=1S/C6H10N2/c1-6(2)8-5-3-4-7/h3-5,7H,1-2H3/b5-3-,7-4?. The number of hydrogen-bond acceptors (Lipinski definition) is 2. The second-order valence-corrected chi connectivity index (χ2v) is 1.58. The molecule has 44 valence electrons. The summed E-state index contributed by atoms with van der Waals surface area (Å²) in [7, 11) is 0. The van der Waals surface area contributed by atoms with E-state index in [-0.39, 0.29) is 0 Å². The lowest BCUT2D eigenvalue weighted by Gasteiger charge is -1.78. The van der Waals surface area contributed by atoms with Crippen molar-refractivity contribution in [1.29, 1.82) is 5.41 Å². The van der Waals surface area contributed by atoms with Crippen LogP contribution in [0, 0.1) is 5.41 Å². The van der Waals surface area contributed by atoms with Gasteiger partial charge >= 0.3 is 0 Å². The van der Waals surface area contributed by atoms with Gasteiger partial charge in [0, 0.05) is 18.1 Å². The predicted octanol–water partition coefficient (Wildman–Crippen LogP) is 1.63. The molecule has 8 heavy (non-hydrogen) atoms. The predicted molar refractivity (Wildman–Crippen MR) is 36.7 cm³/mol. The molecular formula is C6H10N2. The van der Waals surface area contributed by atoms with Crippen molar-refractivity contribution in [2.24, 2.45) is 4.99 Å². The molecule has 0 amide bonds. The molecule has 0 aromatic carbocycles. The summed E-state index contributed by atoms with van der Waals surface area (Å²) in [5.74, 6) is 0. The molecule has 0 aliphatic heterocycles.